The Morgan fingerprint density at radius 3 is 2.30 bits per heavy atom. The molecule has 0 aliphatic carbocycles. The Hall–Kier alpha value is -1.38. The summed E-state index contributed by atoms with van der Waals surface area (Å²) in [6.45, 7) is 4.37. The molecule has 0 unspecified atom stereocenters. The second kappa shape index (κ2) is 3.61. The van der Waals surface area contributed by atoms with Crippen LogP contribution in [0.25, 0.3) is 0 Å². The Morgan fingerprint density at radius 2 is 2.00 bits per heavy atom. The van der Waals surface area contributed by atoms with Gasteiger partial charge < -0.3 is 5.11 Å². The molecule has 10 heavy (non-hydrogen) atoms. The highest BCUT2D eigenvalue weighted by atomic mass is 16.3. The van der Waals surface area contributed by atoms with Crippen molar-refractivity contribution in [1.29, 1.82) is 0 Å². The number of hydrogen-bond acceptors (Lipinski definition) is 3. The van der Waals surface area contributed by atoms with Crippen molar-refractivity contribution in [2.24, 2.45) is 0 Å². The van der Waals surface area contributed by atoms with Crippen molar-refractivity contribution < 1.29 is 14.7 Å². The van der Waals surface area contributed by atoms with E-state index in [-0.39, 0.29) is 5.78 Å². The van der Waals surface area contributed by atoms with Gasteiger partial charge in [-0.2, -0.15) is 0 Å². The molecule has 0 heterocycles. The van der Waals surface area contributed by atoms with Crippen molar-refractivity contribution in [3.63, 3.8) is 0 Å². The standard InChI is InChI=1S/C7H8O3/c1-3-6(9)7(10)4-5(2)8/h3-4,10H,1H2,2H3/b7-4+. The molecule has 0 saturated heterocycles. The molecule has 0 amide bonds. The molecule has 0 aromatic carbocycles. The van der Waals surface area contributed by atoms with Gasteiger partial charge in [-0.1, -0.05) is 6.58 Å². The summed E-state index contributed by atoms with van der Waals surface area (Å²) in [6.07, 6.45) is 1.79. The Kier molecular flexibility index (Phi) is 3.11. The van der Waals surface area contributed by atoms with Gasteiger partial charge >= 0.3 is 0 Å². The predicted octanol–water partition coefficient (Wildman–Crippen LogP) is 0.772. The third-order valence-corrected chi connectivity index (χ3v) is 0.778. The molecular formula is C7H8O3. The molecule has 1 N–H and O–H groups in total. The maximum atomic E-state index is 10.5. The topological polar surface area (TPSA) is 54.4 Å². The highest BCUT2D eigenvalue weighted by molar-refractivity contribution is 6.05. The molecule has 0 radical (unpaired) electrons. The fraction of sp³-hybridized carbons (Fsp3) is 0.143. The molecule has 0 aromatic rings. The first kappa shape index (κ1) is 8.62. The first-order chi connectivity index (χ1) is 4.57. The Balaban J connectivity index is 4.33. The predicted molar refractivity (Wildman–Crippen MR) is 36.6 cm³/mol. The van der Waals surface area contributed by atoms with Gasteiger partial charge in [-0.05, 0) is 13.0 Å². The van der Waals surface area contributed by atoms with Crippen LogP contribution in [0.5, 0.6) is 0 Å². The largest absolute Gasteiger partial charge is 0.504 e. The normalized spacial score (nSPS) is 10.7. The van der Waals surface area contributed by atoms with E-state index >= 15 is 0 Å². The smallest absolute Gasteiger partial charge is 0.219 e. The third-order valence-electron chi connectivity index (χ3n) is 0.778. The van der Waals surface area contributed by atoms with Gasteiger partial charge in [0.05, 0.1) is 0 Å². The van der Waals surface area contributed by atoms with Crippen LogP contribution in [0.2, 0.25) is 0 Å². The zero-order valence-electron chi connectivity index (χ0n) is 5.63. The number of aliphatic hydroxyl groups excluding tert-OH is 1. The van der Waals surface area contributed by atoms with Crippen molar-refractivity contribution in [2.45, 2.75) is 6.92 Å². The first-order valence-electron chi connectivity index (χ1n) is 2.66. The molecular weight excluding hydrogens is 132 g/mol. The molecule has 0 atom stereocenters. The Morgan fingerprint density at radius 1 is 1.50 bits per heavy atom. The lowest BCUT2D eigenvalue weighted by molar-refractivity contribution is -0.115. The van der Waals surface area contributed by atoms with Crippen LogP contribution < -0.4 is 0 Å². The molecule has 0 aliphatic heterocycles. The summed E-state index contributed by atoms with van der Waals surface area (Å²) in [6, 6.07) is 0. The zero-order valence-corrected chi connectivity index (χ0v) is 5.63. The van der Waals surface area contributed by atoms with Gasteiger partial charge in [0, 0.05) is 6.08 Å². The highest BCUT2D eigenvalue weighted by Crippen LogP contribution is 1.91. The minimum absolute atomic E-state index is 0.368. The summed E-state index contributed by atoms with van der Waals surface area (Å²) in [7, 11) is 0. The van der Waals surface area contributed by atoms with E-state index in [1.807, 2.05) is 0 Å². The van der Waals surface area contributed by atoms with E-state index in [1.165, 1.54) is 6.92 Å². The zero-order chi connectivity index (χ0) is 8.15. The number of hydrogen-bond donors (Lipinski definition) is 1. The maximum Gasteiger partial charge on any atom is 0.219 e. The fourth-order valence-corrected chi connectivity index (χ4v) is 0.368. The molecule has 0 saturated carbocycles. The Bertz CT molecular complexity index is 201. The average Bonchev–Trinajstić information content (AvgIpc) is 1.85. The second-order valence-electron chi connectivity index (χ2n) is 1.71. The van der Waals surface area contributed by atoms with E-state index in [1.54, 1.807) is 0 Å². The van der Waals surface area contributed by atoms with Gasteiger partial charge in [-0.25, -0.2) is 0 Å². The van der Waals surface area contributed by atoms with Crippen LogP contribution in [0.15, 0.2) is 24.5 Å². The first-order valence-corrected chi connectivity index (χ1v) is 2.66. The van der Waals surface area contributed by atoms with Gasteiger partial charge in [-0.15, -0.1) is 0 Å². The molecule has 0 spiro atoms. The van der Waals surface area contributed by atoms with Crippen LogP contribution in [0.3, 0.4) is 0 Å². The molecule has 54 valence electrons. The van der Waals surface area contributed by atoms with Crippen LogP contribution in [0, 0.1) is 0 Å². The lowest BCUT2D eigenvalue weighted by Crippen LogP contribution is -1.98. The summed E-state index contributed by atoms with van der Waals surface area (Å²) in [5.74, 6) is -1.58. The minimum atomic E-state index is -0.643. The van der Waals surface area contributed by atoms with Crippen LogP contribution in [-0.4, -0.2) is 16.7 Å². The Labute approximate surface area is 58.7 Å². The number of carbonyl (C=O) groups is 2. The number of aliphatic hydroxyl groups is 1. The second-order valence-corrected chi connectivity index (χ2v) is 1.71. The molecule has 0 bridgehead atoms. The van der Waals surface area contributed by atoms with E-state index in [9.17, 15) is 9.59 Å². The molecule has 3 heteroatoms. The van der Waals surface area contributed by atoms with Gasteiger partial charge in [0.2, 0.25) is 5.78 Å². The van der Waals surface area contributed by atoms with Gasteiger partial charge in [0.1, 0.15) is 0 Å². The number of carbonyl (C=O) groups excluding carboxylic acids is 2. The summed E-state index contributed by atoms with van der Waals surface area (Å²) < 4.78 is 0. The van der Waals surface area contributed by atoms with E-state index < -0.39 is 11.5 Å². The summed E-state index contributed by atoms with van der Waals surface area (Å²) >= 11 is 0. The van der Waals surface area contributed by atoms with E-state index in [0.717, 1.165) is 12.2 Å². The SMILES string of the molecule is C=CC(=O)/C(O)=C\C(C)=O. The van der Waals surface area contributed by atoms with Crippen molar-refractivity contribution >= 4 is 11.6 Å². The molecule has 0 aliphatic rings. The van der Waals surface area contributed by atoms with Crippen LogP contribution in [0.1, 0.15) is 6.92 Å². The lowest BCUT2D eigenvalue weighted by Gasteiger charge is -1.88. The summed E-state index contributed by atoms with van der Waals surface area (Å²) in [5, 5.41) is 8.71. The van der Waals surface area contributed by atoms with Crippen molar-refractivity contribution in [3.05, 3.63) is 24.5 Å². The van der Waals surface area contributed by atoms with Crippen molar-refractivity contribution in [3.8, 4) is 0 Å². The van der Waals surface area contributed by atoms with Gasteiger partial charge in [0.15, 0.2) is 11.5 Å². The van der Waals surface area contributed by atoms with Crippen molar-refractivity contribution in [2.75, 3.05) is 0 Å². The van der Waals surface area contributed by atoms with Crippen LogP contribution in [-0.2, 0) is 9.59 Å². The van der Waals surface area contributed by atoms with E-state index in [2.05, 4.69) is 6.58 Å². The number of allylic oxidation sites excluding steroid dienone is 2. The van der Waals surface area contributed by atoms with Gasteiger partial charge in [0.25, 0.3) is 0 Å². The fourth-order valence-electron chi connectivity index (χ4n) is 0.368. The van der Waals surface area contributed by atoms with Crippen LogP contribution >= 0.6 is 0 Å². The number of ketones is 2. The highest BCUT2D eigenvalue weighted by Gasteiger charge is 2.01. The van der Waals surface area contributed by atoms with Crippen LogP contribution in [0.4, 0.5) is 0 Å². The summed E-state index contributed by atoms with van der Waals surface area (Å²) in [5.41, 5.74) is 0. The molecule has 3 nitrogen and oxygen atoms in total. The quantitative estimate of drug-likeness (QED) is 0.465. The van der Waals surface area contributed by atoms with E-state index in [0.29, 0.717) is 0 Å². The summed E-state index contributed by atoms with van der Waals surface area (Å²) in [4.78, 5) is 20.7. The molecule has 0 rings (SSSR count). The minimum Gasteiger partial charge on any atom is -0.504 e. The molecule has 0 aromatic heterocycles. The van der Waals surface area contributed by atoms with Gasteiger partial charge in [-0.3, -0.25) is 9.59 Å². The van der Waals surface area contributed by atoms with Crippen molar-refractivity contribution in [1.82, 2.24) is 0 Å². The maximum absolute atomic E-state index is 10.5. The number of rotatable bonds is 3. The molecule has 0 fully saturated rings. The third kappa shape index (κ3) is 2.81. The monoisotopic (exact) mass is 140 g/mol. The average molecular weight is 140 g/mol. The lowest BCUT2D eigenvalue weighted by atomic mass is 10.3. The van der Waals surface area contributed by atoms with E-state index in [4.69, 9.17) is 5.11 Å².